The van der Waals surface area contributed by atoms with Gasteiger partial charge >= 0.3 is 5.97 Å². The molecule has 0 radical (unpaired) electrons. The Labute approximate surface area is 112 Å². The first-order valence-electron chi connectivity index (χ1n) is 6.53. The number of carboxylic acids is 1. The van der Waals surface area contributed by atoms with Crippen LogP contribution in [0.4, 0.5) is 0 Å². The number of hydrogen-bond donors (Lipinski definition) is 1. The molecule has 0 bridgehead atoms. The third-order valence-electron chi connectivity index (χ3n) is 3.77. The molecule has 1 aliphatic rings. The summed E-state index contributed by atoms with van der Waals surface area (Å²) >= 11 is 0. The van der Waals surface area contributed by atoms with Crippen LogP contribution in [0.15, 0.2) is 30.3 Å². The fourth-order valence-electron chi connectivity index (χ4n) is 2.67. The van der Waals surface area contributed by atoms with Crippen LogP contribution in [0.25, 0.3) is 0 Å². The van der Waals surface area contributed by atoms with Crippen LogP contribution < -0.4 is 0 Å². The second kappa shape index (κ2) is 5.97. The lowest BCUT2D eigenvalue weighted by Crippen LogP contribution is -2.41. The Hall–Kier alpha value is -1.68. The van der Waals surface area contributed by atoms with Gasteiger partial charge in [-0.3, -0.25) is 9.59 Å². The van der Waals surface area contributed by atoms with Gasteiger partial charge in [0.25, 0.3) is 0 Å². The van der Waals surface area contributed by atoms with E-state index in [4.69, 9.17) is 9.84 Å². The molecule has 0 spiro atoms. The number of ether oxygens (including phenoxy) is 1. The zero-order valence-electron chi connectivity index (χ0n) is 10.8. The first-order chi connectivity index (χ1) is 9.15. The Balaban J connectivity index is 2.24. The molecule has 0 atom stereocenters. The van der Waals surface area contributed by atoms with E-state index in [0.717, 1.165) is 5.56 Å². The van der Waals surface area contributed by atoms with Gasteiger partial charge < -0.3 is 9.84 Å². The van der Waals surface area contributed by atoms with Crippen LogP contribution in [0.3, 0.4) is 0 Å². The Morgan fingerprint density at radius 2 is 1.74 bits per heavy atom. The summed E-state index contributed by atoms with van der Waals surface area (Å²) < 4.78 is 5.35. The highest BCUT2D eigenvalue weighted by Gasteiger charge is 2.40. The highest BCUT2D eigenvalue weighted by Crippen LogP contribution is 2.36. The van der Waals surface area contributed by atoms with Crippen molar-refractivity contribution in [3.05, 3.63) is 35.9 Å². The zero-order chi connectivity index (χ0) is 13.7. The number of carboxylic acid groups (broad SMARTS) is 1. The molecule has 1 saturated heterocycles. The molecule has 0 saturated carbocycles. The van der Waals surface area contributed by atoms with Crippen molar-refractivity contribution in [1.82, 2.24) is 0 Å². The first kappa shape index (κ1) is 13.7. The number of carbonyl (C=O) groups is 2. The van der Waals surface area contributed by atoms with Gasteiger partial charge in [-0.1, -0.05) is 30.3 Å². The maximum absolute atomic E-state index is 12.5. The Morgan fingerprint density at radius 1 is 1.11 bits per heavy atom. The van der Waals surface area contributed by atoms with Crippen LogP contribution in [-0.4, -0.2) is 30.1 Å². The van der Waals surface area contributed by atoms with E-state index in [1.165, 1.54) is 0 Å². The van der Waals surface area contributed by atoms with Crippen LogP contribution >= 0.6 is 0 Å². The third-order valence-corrected chi connectivity index (χ3v) is 3.77. The van der Waals surface area contributed by atoms with E-state index in [9.17, 15) is 9.59 Å². The van der Waals surface area contributed by atoms with E-state index in [2.05, 4.69) is 0 Å². The molecule has 2 rings (SSSR count). The van der Waals surface area contributed by atoms with Crippen molar-refractivity contribution in [1.29, 1.82) is 0 Å². The number of hydrogen-bond acceptors (Lipinski definition) is 3. The lowest BCUT2D eigenvalue weighted by molar-refractivity contribution is -0.140. The van der Waals surface area contributed by atoms with Gasteiger partial charge in [-0.25, -0.2) is 0 Å². The molecule has 0 amide bonds. The lowest BCUT2D eigenvalue weighted by Gasteiger charge is -2.36. The number of benzene rings is 1. The number of rotatable bonds is 5. The third kappa shape index (κ3) is 3.01. The van der Waals surface area contributed by atoms with E-state index in [1.807, 2.05) is 30.3 Å². The highest BCUT2D eigenvalue weighted by molar-refractivity contribution is 5.92. The summed E-state index contributed by atoms with van der Waals surface area (Å²) in [4.78, 5) is 23.2. The van der Waals surface area contributed by atoms with Crippen molar-refractivity contribution in [2.24, 2.45) is 0 Å². The summed E-state index contributed by atoms with van der Waals surface area (Å²) in [7, 11) is 0. The predicted octanol–water partition coefficient (Wildman–Crippen LogP) is 2.17. The number of carbonyl (C=O) groups excluding carboxylic acids is 1. The van der Waals surface area contributed by atoms with Gasteiger partial charge in [-0.15, -0.1) is 0 Å². The van der Waals surface area contributed by atoms with Crippen molar-refractivity contribution in [3.63, 3.8) is 0 Å². The van der Waals surface area contributed by atoms with Crippen LogP contribution in [0.5, 0.6) is 0 Å². The molecule has 0 aliphatic carbocycles. The molecule has 19 heavy (non-hydrogen) atoms. The average molecular weight is 262 g/mol. The van der Waals surface area contributed by atoms with Crippen molar-refractivity contribution in [3.8, 4) is 0 Å². The highest BCUT2D eigenvalue weighted by atomic mass is 16.5. The number of ketones is 1. The summed E-state index contributed by atoms with van der Waals surface area (Å²) in [6.07, 6.45) is 1.25. The van der Waals surface area contributed by atoms with Gasteiger partial charge in [0.15, 0.2) is 0 Å². The molecule has 1 aliphatic heterocycles. The smallest absolute Gasteiger partial charge is 0.303 e. The molecule has 0 aromatic heterocycles. The van der Waals surface area contributed by atoms with E-state index in [0.29, 0.717) is 26.1 Å². The van der Waals surface area contributed by atoms with Gasteiger partial charge in [0.05, 0.1) is 11.8 Å². The largest absolute Gasteiger partial charge is 0.481 e. The molecule has 102 valence electrons. The second-order valence-corrected chi connectivity index (χ2v) is 4.88. The maximum atomic E-state index is 12.5. The molecular weight excluding hydrogens is 244 g/mol. The SMILES string of the molecule is O=C(O)CCC(=O)C1(c2ccccc2)CCOCC1. The first-order valence-corrected chi connectivity index (χ1v) is 6.53. The van der Waals surface area contributed by atoms with E-state index in [-0.39, 0.29) is 18.6 Å². The normalized spacial score (nSPS) is 17.9. The van der Waals surface area contributed by atoms with E-state index < -0.39 is 11.4 Å². The van der Waals surface area contributed by atoms with Crippen molar-refractivity contribution in [2.45, 2.75) is 31.1 Å². The second-order valence-electron chi connectivity index (χ2n) is 4.88. The van der Waals surface area contributed by atoms with Gasteiger partial charge in [0.1, 0.15) is 5.78 Å². The maximum Gasteiger partial charge on any atom is 0.303 e. The van der Waals surface area contributed by atoms with E-state index in [1.54, 1.807) is 0 Å². The molecule has 4 heteroatoms. The molecule has 1 aromatic carbocycles. The summed E-state index contributed by atoms with van der Waals surface area (Å²) in [5.41, 5.74) is 0.420. The summed E-state index contributed by atoms with van der Waals surface area (Å²) in [5, 5.41) is 8.74. The summed E-state index contributed by atoms with van der Waals surface area (Å²) in [5.74, 6) is -0.909. The fourth-order valence-corrected chi connectivity index (χ4v) is 2.67. The topological polar surface area (TPSA) is 63.6 Å². The van der Waals surface area contributed by atoms with E-state index >= 15 is 0 Å². The van der Waals surface area contributed by atoms with Crippen molar-refractivity contribution >= 4 is 11.8 Å². The van der Waals surface area contributed by atoms with Crippen LogP contribution in [-0.2, 0) is 19.7 Å². The fraction of sp³-hybridized carbons (Fsp3) is 0.467. The van der Waals surface area contributed by atoms with Crippen molar-refractivity contribution < 1.29 is 19.4 Å². The molecule has 0 unspecified atom stereocenters. The molecule has 1 fully saturated rings. The number of Topliss-reactive ketones (excluding diaryl/α,β-unsaturated/α-hetero) is 1. The van der Waals surface area contributed by atoms with Crippen LogP contribution in [0.1, 0.15) is 31.2 Å². The van der Waals surface area contributed by atoms with Gasteiger partial charge in [-0.2, -0.15) is 0 Å². The molecule has 1 aromatic rings. The van der Waals surface area contributed by atoms with Crippen LogP contribution in [0, 0.1) is 0 Å². The minimum Gasteiger partial charge on any atom is -0.481 e. The summed E-state index contributed by atoms with van der Waals surface area (Å²) in [6, 6.07) is 9.64. The Bertz CT molecular complexity index is 446. The van der Waals surface area contributed by atoms with Gasteiger partial charge in [-0.05, 0) is 18.4 Å². The number of aliphatic carboxylic acids is 1. The minimum atomic E-state index is -0.927. The standard InChI is InChI=1S/C15H18O4/c16-13(6-7-14(17)18)15(8-10-19-11-9-15)12-4-2-1-3-5-12/h1-5H,6-11H2,(H,17,18). The predicted molar refractivity (Wildman–Crippen MR) is 70.0 cm³/mol. The molecule has 4 nitrogen and oxygen atoms in total. The molecule has 1 heterocycles. The van der Waals surface area contributed by atoms with Gasteiger partial charge in [0, 0.05) is 19.6 Å². The Morgan fingerprint density at radius 3 is 2.32 bits per heavy atom. The van der Waals surface area contributed by atoms with Gasteiger partial charge in [0.2, 0.25) is 0 Å². The zero-order valence-corrected chi connectivity index (χ0v) is 10.8. The monoisotopic (exact) mass is 262 g/mol. The molecular formula is C15H18O4. The summed E-state index contributed by atoms with van der Waals surface area (Å²) in [6.45, 7) is 1.10. The lowest BCUT2D eigenvalue weighted by atomic mass is 9.70. The quantitative estimate of drug-likeness (QED) is 0.883. The Kier molecular flexibility index (Phi) is 4.32. The van der Waals surface area contributed by atoms with Crippen LogP contribution in [0.2, 0.25) is 0 Å². The van der Waals surface area contributed by atoms with Crippen molar-refractivity contribution in [2.75, 3.05) is 13.2 Å². The molecule has 1 N–H and O–H groups in total. The minimum absolute atomic E-state index is 0.0180. The average Bonchev–Trinajstić information content (AvgIpc) is 2.46.